The number of Topliss-reactive ketones (excluding diaryl/α,β-unsaturated/α-hetero) is 3. The number of nitrogens with zero attached hydrogens (tertiary/aromatic N) is 2. The predicted molar refractivity (Wildman–Crippen MR) is 165 cm³/mol. The van der Waals surface area contributed by atoms with Gasteiger partial charge < -0.3 is 40.9 Å². The Bertz CT molecular complexity index is 1540. The average Bonchev–Trinajstić information content (AvgIpc) is 2.97. The monoisotopic (exact) mass is 622 g/mol. The first-order chi connectivity index (χ1) is 21.2. The summed E-state index contributed by atoms with van der Waals surface area (Å²) in [6.07, 6.45) is -1.33. The van der Waals surface area contributed by atoms with Crippen molar-refractivity contribution in [3.63, 3.8) is 0 Å². The summed E-state index contributed by atoms with van der Waals surface area (Å²) in [5, 5.41) is 37.3. The van der Waals surface area contributed by atoms with Gasteiger partial charge in [0.2, 0.25) is 5.91 Å². The van der Waals surface area contributed by atoms with Gasteiger partial charge in [0.05, 0.1) is 24.7 Å². The molecule has 7 atom stereocenters. The Morgan fingerprint density at radius 3 is 2.42 bits per heavy atom. The van der Waals surface area contributed by atoms with E-state index in [1.165, 1.54) is 6.07 Å². The number of ether oxygens (including phenoxy) is 1. The Kier molecular flexibility index (Phi) is 8.91. The summed E-state index contributed by atoms with van der Waals surface area (Å²) in [4.78, 5) is 57.7. The lowest BCUT2D eigenvalue weighted by molar-refractivity contribution is -0.190. The van der Waals surface area contributed by atoms with Gasteiger partial charge in [0.1, 0.15) is 17.4 Å². The number of phenolic OH excluding ortho intramolecular Hbond substituents is 1. The quantitative estimate of drug-likeness (QED) is 0.187. The lowest BCUT2D eigenvalue weighted by Crippen LogP contribution is -2.75. The average molecular weight is 623 g/mol. The molecule has 3 unspecified atom stereocenters. The molecule has 0 spiro atoms. The standard InChI is InChI=1S/C33H42N4O8/c1-36(2)11-10-35-15-16-6-9-23(45-5)19(12-16)18-7-8-22(38)25-20(18)13-17-14-21-27(37(3)4)29(40)26(32(34)43)31(42)33(21,44)30(41)24(17)28(25)39/h6-9,12,17,21,24,26-27,29,35,38,40,44H,10-11,13-15H2,1-5H3,(H2,34,43)/t17-,21-,24?,26?,27-,29?,33-/m1/s1. The molecule has 0 saturated heterocycles. The molecule has 0 bridgehead atoms. The lowest BCUT2D eigenvalue weighted by Gasteiger charge is -2.54. The first kappa shape index (κ1) is 32.7. The molecule has 0 radical (unpaired) electrons. The number of aliphatic hydroxyl groups excluding tert-OH is 1. The fourth-order valence-electron chi connectivity index (χ4n) is 7.69. The maximum atomic E-state index is 14.1. The Labute approximate surface area is 262 Å². The van der Waals surface area contributed by atoms with Crippen molar-refractivity contribution in [3.05, 3.63) is 47.0 Å². The molecule has 0 aliphatic heterocycles. The molecule has 1 amide bonds. The summed E-state index contributed by atoms with van der Waals surface area (Å²) in [5.41, 5.74) is 5.60. The third-order valence-electron chi connectivity index (χ3n) is 9.79. The zero-order chi connectivity index (χ0) is 33.0. The van der Waals surface area contributed by atoms with Crippen LogP contribution in [0.15, 0.2) is 30.3 Å². The molecule has 12 nitrogen and oxygen atoms in total. The number of benzene rings is 2. The van der Waals surface area contributed by atoms with Crippen molar-refractivity contribution in [3.8, 4) is 22.6 Å². The van der Waals surface area contributed by atoms with Crippen molar-refractivity contribution in [1.29, 1.82) is 0 Å². The van der Waals surface area contributed by atoms with Crippen LogP contribution in [0.5, 0.6) is 11.5 Å². The number of nitrogens with two attached hydrogens (primary N) is 1. The number of carbonyl (C=O) groups excluding carboxylic acids is 4. The van der Waals surface area contributed by atoms with Crippen molar-refractivity contribution in [1.82, 2.24) is 15.1 Å². The van der Waals surface area contributed by atoms with Crippen molar-refractivity contribution in [2.75, 3.05) is 48.4 Å². The highest BCUT2D eigenvalue weighted by molar-refractivity contribution is 6.25. The molecule has 45 heavy (non-hydrogen) atoms. The van der Waals surface area contributed by atoms with Gasteiger partial charge >= 0.3 is 0 Å². The minimum absolute atomic E-state index is 0.0390. The molecule has 0 heterocycles. The second-order valence-electron chi connectivity index (χ2n) is 13.0. The normalized spacial score (nSPS) is 29.4. The van der Waals surface area contributed by atoms with E-state index in [9.17, 15) is 34.5 Å². The third kappa shape index (κ3) is 5.34. The Morgan fingerprint density at radius 1 is 1.09 bits per heavy atom. The van der Waals surface area contributed by atoms with Crippen molar-refractivity contribution in [2.45, 2.75) is 37.1 Å². The number of likely N-dealkylation sites (N-methyl/N-ethyl adjacent to an activating group) is 2. The van der Waals surface area contributed by atoms with E-state index in [0.29, 0.717) is 29.0 Å². The predicted octanol–water partition coefficient (Wildman–Crippen LogP) is -0.0144. The van der Waals surface area contributed by atoms with Gasteiger partial charge in [-0.05, 0) is 81.8 Å². The number of hydrogen-bond acceptors (Lipinski definition) is 11. The summed E-state index contributed by atoms with van der Waals surface area (Å²) >= 11 is 0. The van der Waals surface area contributed by atoms with Gasteiger partial charge in [-0.1, -0.05) is 12.1 Å². The van der Waals surface area contributed by atoms with E-state index in [1.54, 1.807) is 32.2 Å². The van der Waals surface area contributed by atoms with E-state index >= 15 is 0 Å². The van der Waals surface area contributed by atoms with Gasteiger partial charge in [0, 0.05) is 37.2 Å². The highest BCUT2D eigenvalue weighted by atomic mass is 16.5. The molecule has 5 rings (SSSR count). The first-order valence-corrected chi connectivity index (χ1v) is 15.1. The minimum atomic E-state index is -2.70. The maximum Gasteiger partial charge on any atom is 0.230 e. The first-order valence-electron chi connectivity index (χ1n) is 15.1. The number of carbonyl (C=O) groups is 4. The zero-order valence-corrected chi connectivity index (χ0v) is 26.2. The van der Waals surface area contributed by atoms with Crippen molar-refractivity contribution in [2.24, 2.45) is 29.4 Å². The summed E-state index contributed by atoms with van der Waals surface area (Å²) in [6.45, 7) is 2.25. The number of rotatable bonds is 9. The van der Waals surface area contributed by atoms with Gasteiger partial charge in [0.15, 0.2) is 23.0 Å². The number of aliphatic hydroxyl groups is 2. The van der Waals surface area contributed by atoms with E-state index in [4.69, 9.17) is 10.5 Å². The molecule has 12 heteroatoms. The molecule has 242 valence electrons. The number of hydrogen-bond donors (Lipinski definition) is 5. The number of amides is 1. The number of primary amides is 1. The second kappa shape index (κ2) is 12.3. The molecular weight excluding hydrogens is 580 g/mol. The number of methoxy groups -OCH3 is 1. The van der Waals surface area contributed by atoms with Gasteiger partial charge in [0.25, 0.3) is 0 Å². The van der Waals surface area contributed by atoms with Crippen LogP contribution < -0.4 is 15.8 Å². The number of aromatic hydroxyl groups is 1. The molecular formula is C33H42N4O8. The van der Waals surface area contributed by atoms with Gasteiger partial charge in [-0.15, -0.1) is 0 Å². The zero-order valence-electron chi connectivity index (χ0n) is 26.2. The van der Waals surface area contributed by atoms with Crippen LogP contribution in [0.25, 0.3) is 11.1 Å². The number of fused-ring (bicyclic) bond motifs is 3. The lowest BCUT2D eigenvalue weighted by atomic mass is 9.52. The molecule has 2 aromatic rings. The van der Waals surface area contributed by atoms with Crippen LogP contribution in [-0.2, 0) is 27.3 Å². The molecule has 3 aliphatic rings. The van der Waals surface area contributed by atoms with Crippen LogP contribution in [0.3, 0.4) is 0 Å². The molecule has 2 fully saturated rings. The minimum Gasteiger partial charge on any atom is -0.507 e. The Balaban J connectivity index is 1.58. The topological polar surface area (TPSA) is 183 Å². The van der Waals surface area contributed by atoms with Crippen LogP contribution in [0.1, 0.15) is 27.9 Å². The summed E-state index contributed by atoms with van der Waals surface area (Å²) in [5.74, 6) is -8.80. The number of ketones is 3. The third-order valence-corrected chi connectivity index (χ3v) is 9.79. The largest absolute Gasteiger partial charge is 0.507 e. The van der Waals surface area contributed by atoms with Crippen LogP contribution in [-0.4, -0.2) is 115 Å². The fourth-order valence-corrected chi connectivity index (χ4v) is 7.69. The van der Waals surface area contributed by atoms with Crippen LogP contribution in [0.4, 0.5) is 0 Å². The van der Waals surface area contributed by atoms with Gasteiger partial charge in [-0.3, -0.25) is 19.2 Å². The highest BCUT2D eigenvalue weighted by Gasteiger charge is 2.69. The Hall–Kier alpha value is -3.68. The van der Waals surface area contributed by atoms with E-state index in [-0.39, 0.29) is 24.2 Å². The van der Waals surface area contributed by atoms with E-state index in [1.807, 2.05) is 32.3 Å². The Morgan fingerprint density at radius 2 is 1.80 bits per heavy atom. The molecule has 3 aliphatic carbocycles. The van der Waals surface area contributed by atoms with Gasteiger partial charge in [-0.2, -0.15) is 0 Å². The number of nitrogens with one attached hydrogen (secondary N) is 1. The summed E-state index contributed by atoms with van der Waals surface area (Å²) in [6, 6.07) is 7.92. The van der Waals surface area contributed by atoms with Crippen LogP contribution in [0.2, 0.25) is 0 Å². The second-order valence-corrected chi connectivity index (χ2v) is 13.0. The van der Waals surface area contributed by atoms with Crippen molar-refractivity contribution < 1.29 is 39.2 Å². The van der Waals surface area contributed by atoms with Crippen LogP contribution >= 0.6 is 0 Å². The smallest absolute Gasteiger partial charge is 0.230 e. The highest BCUT2D eigenvalue weighted by Crippen LogP contribution is 2.52. The van der Waals surface area contributed by atoms with E-state index < -0.39 is 64.7 Å². The maximum absolute atomic E-state index is 14.1. The molecule has 2 saturated carbocycles. The van der Waals surface area contributed by atoms with Crippen LogP contribution in [0, 0.1) is 23.7 Å². The van der Waals surface area contributed by atoms with Crippen molar-refractivity contribution >= 4 is 23.3 Å². The SMILES string of the molecule is COc1ccc(CNCCN(C)C)cc1-c1ccc(O)c2c1C[C@@H]1C[C@@H]3[C@@H](N(C)C)C(O)C(C(N)=O)C(=O)[C@]3(O)C(=O)C1C2=O. The van der Waals surface area contributed by atoms with Gasteiger partial charge in [-0.25, -0.2) is 0 Å². The molecule has 0 aromatic heterocycles. The van der Waals surface area contributed by atoms with E-state index in [2.05, 4.69) is 10.2 Å². The van der Waals surface area contributed by atoms with E-state index in [0.717, 1.165) is 18.7 Å². The summed E-state index contributed by atoms with van der Waals surface area (Å²) < 4.78 is 5.69. The molecule has 6 N–H and O–H groups in total. The molecule has 2 aromatic carbocycles. The number of phenols is 1. The fraction of sp³-hybridized carbons (Fsp3) is 0.515. The summed E-state index contributed by atoms with van der Waals surface area (Å²) in [7, 11) is 8.78.